The molecule has 138 valence electrons. The third kappa shape index (κ3) is 2.64. The normalized spacial score (nSPS) is 51.8. The highest BCUT2D eigenvalue weighted by molar-refractivity contribution is 9.10. The quantitative estimate of drug-likeness (QED) is 0.481. The molecule has 5 unspecified atom stereocenters. The summed E-state index contributed by atoms with van der Waals surface area (Å²) in [6.07, 6.45) is 8.82. The molecule has 0 spiro atoms. The van der Waals surface area contributed by atoms with E-state index in [-0.39, 0.29) is 14.1 Å². The predicted molar refractivity (Wildman–Crippen MR) is 106 cm³/mol. The van der Waals surface area contributed by atoms with Gasteiger partial charge in [-0.2, -0.15) is 0 Å². The van der Waals surface area contributed by atoms with E-state index in [1.165, 1.54) is 19.3 Å². The molecule has 6 atom stereocenters. The summed E-state index contributed by atoms with van der Waals surface area (Å²) in [7, 11) is 0. The number of carboxylic acids is 1. The van der Waals surface area contributed by atoms with Crippen LogP contribution in [0.15, 0.2) is 0 Å². The Kier molecular flexibility index (Phi) is 4.78. The minimum Gasteiger partial charge on any atom is -0.481 e. The molecule has 1 N–H and O–H groups in total. The molecule has 0 bridgehead atoms. The SMILES string of the molecule is CC(C)C1(Br)CCC2C(Br)(CCC3C2(C)CCC[C@@]3(C)C(=O)O)C1. The number of hydrogen-bond donors (Lipinski definition) is 1. The summed E-state index contributed by atoms with van der Waals surface area (Å²) in [5.41, 5.74) is -0.388. The largest absolute Gasteiger partial charge is 0.481 e. The van der Waals surface area contributed by atoms with Gasteiger partial charge in [-0.05, 0) is 75.0 Å². The molecule has 24 heavy (non-hydrogen) atoms. The first-order chi connectivity index (χ1) is 11.0. The summed E-state index contributed by atoms with van der Waals surface area (Å²) < 4.78 is 0.391. The van der Waals surface area contributed by atoms with Gasteiger partial charge in [-0.15, -0.1) is 0 Å². The van der Waals surface area contributed by atoms with Gasteiger partial charge in [0.15, 0.2) is 0 Å². The standard InChI is InChI=1S/C20H32Br2O2/c1-13(2)19(21)10-7-15-17(3)8-5-9-18(4,16(23)24)14(17)6-11-20(15,22)12-19/h13-15H,5-12H2,1-4H3,(H,23,24)/t14?,15?,17?,18-,19?,20?/m1/s1. The number of carboxylic acid groups (broad SMARTS) is 1. The van der Waals surface area contributed by atoms with E-state index in [1.54, 1.807) is 0 Å². The molecule has 0 saturated heterocycles. The number of carbonyl (C=O) groups is 1. The maximum atomic E-state index is 12.1. The minimum atomic E-state index is -0.576. The van der Waals surface area contributed by atoms with Crippen LogP contribution in [0.5, 0.6) is 0 Å². The van der Waals surface area contributed by atoms with E-state index in [2.05, 4.69) is 52.6 Å². The second kappa shape index (κ2) is 5.97. The van der Waals surface area contributed by atoms with Crippen molar-refractivity contribution in [2.45, 2.75) is 87.7 Å². The van der Waals surface area contributed by atoms with E-state index in [9.17, 15) is 9.90 Å². The molecule has 2 nitrogen and oxygen atoms in total. The lowest BCUT2D eigenvalue weighted by Crippen LogP contribution is -2.61. The third-order valence-electron chi connectivity index (χ3n) is 8.21. The monoisotopic (exact) mass is 462 g/mol. The van der Waals surface area contributed by atoms with E-state index in [0.29, 0.717) is 17.8 Å². The van der Waals surface area contributed by atoms with Gasteiger partial charge in [-0.25, -0.2) is 0 Å². The van der Waals surface area contributed by atoms with Crippen molar-refractivity contribution in [3.63, 3.8) is 0 Å². The molecule has 0 aromatic heterocycles. The summed E-state index contributed by atoms with van der Waals surface area (Å²) >= 11 is 8.30. The summed E-state index contributed by atoms with van der Waals surface area (Å²) in [6.45, 7) is 9.07. The Balaban J connectivity index is 1.95. The lowest BCUT2D eigenvalue weighted by Gasteiger charge is -2.64. The maximum Gasteiger partial charge on any atom is 0.309 e. The molecule has 0 radical (unpaired) electrons. The lowest BCUT2D eigenvalue weighted by molar-refractivity contribution is -0.170. The van der Waals surface area contributed by atoms with Gasteiger partial charge in [0.05, 0.1) is 5.41 Å². The molecule has 3 aliphatic rings. The highest BCUT2D eigenvalue weighted by Gasteiger charge is 2.64. The van der Waals surface area contributed by atoms with Crippen molar-refractivity contribution in [3.05, 3.63) is 0 Å². The minimum absolute atomic E-state index is 0.151. The van der Waals surface area contributed by atoms with E-state index in [1.807, 2.05) is 6.92 Å². The van der Waals surface area contributed by atoms with Gasteiger partial charge in [0.1, 0.15) is 0 Å². The zero-order valence-electron chi connectivity index (χ0n) is 15.5. The molecule has 3 fully saturated rings. The van der Waals surface area contributed by atoms with Gasteiger partial charge < -0.3 is 5.11 Å². The smallest absolute Gasteiger partial charge is 0.309 e. The summed E-state index contributed by atoms with van der Waals surface area (Å²) in [6, 6.07) is 0. The van der Waals surface area contributed by atoms with E-state index in [4.69, 9.17) is 0 Å². The number of rotatable bonds is 2. The second-order valence-corrected chi connectivity index (χ2v) is 12.8. The van der Waals surface area contributed by atoms with Gasteiger partial charge in [0.25, 0.3) is 0 Å². The first kappa shape index (κ1) is 19.2. The Bertz CT molecular complexity index is 536. The predicted octanol–water partition coefficient (Wildman–Crippen LogP) is 6.40. The van der Waals surface area contributed by atoms with Crippen molar-refractivity contribution in [2.24, 2.45) is 28.6 Å². The molecule has 3 saturated carbocycles. The molecule has 3 aliphatic carbocycles. The first-order valence-corrected chi connectivity index (χ1v) is 11.2. The molecule has 0 aromatic carbocycles. The Hall–Kier alpha value is 0.430. The van der Waals surface area contributed by atoms with Gasteiger partial charge in [-0.3, -0.25) is 4.79 Å². The van der Waals surface area contributed by atoms with Crippen molar-refractivity contribution < 1.29 is 9.90 Å². The van der Waals surface area contributed by atoms with Crippen molar-refractivity contribution in [1.82, 2.24) is 0 Å². The van der Waals surface area contributed by atoms with Crippen LogP contribution >= 0.6 is 31.9 Å². The number of hydrogen-bond acceptors (Lipinski definition) is 1. The zero-order chi connectivity index (χ0) is 18.0. The number of halogens is 2. The lowest BCUT2D eigenvalue weighted by atomic mass is 9.43. The molecular formula is C20H32Br2O2. The van der Waals surface area contributed by atoms with Crippen LogP contribution in [0, 0.1) is 28.6 Å². The third-order valence-corrected chi connectivity index (χ3v) is 11.0. The fraction of sp³-hybridized carbons (Fsp3) is 0.950. The van der Waals surface area contributed by atoms with Crippen LogP contribution in [0.1, 0.15) is 79.1 Å². The van der Waals surface area contributed by atoms with Gasteiger partial charge >= 0.3 is 5.97 Å². The molecular weight excluding hydrogens is 432 g/mol. The van der Waals surface area contributed by atoms with Crippen LogP contribution in [-0.2, 0) is 4.79 Å². The molecule has 0 amide bonds. The highest BCUT2D eigenvalue weighted by atomic mass is 79.9. The number of alkyl halides is 2. The maximum absolute atomic E-state index is 12.1. The first-order valence-electron chi connectivity index (χ1n) is 9.59. The summed E-state index contributed by atoms with van der Waals surface area (Å²) in [5.74, 6) is 0.948. The van der Waals surface area contributed by atoms with Crippen LogP contribution < -0.4 is 0 Å². The topological polar surface area (TPSA) is 37.3 Å². The van der Waals surface area contributed by atoms with Crippen molar-refractivity contribution in [3.8, 4) is 0 Å². The number of aliphatic carboxylic acids is 1. The summed E-state index contributed by atoms with van der Waals surface area (Å²) in [5, 5.41) is 9.95. The van der Waals surface area contributed by atoms with E-state index in [0.717, 1.165) is 32.1 Å². The number of fused-ring (bicyclic) bond motifs is 3. The molecule has 0 aliphatic heterocycles. The van der Waals surface area contributed by atoms with Crippen LogP contribution in [0.3, 0.4) is 0 Å². The van der Waals surface area contributed by atoms with Crippen LogP contribution in [0.25, 0.3) is 0 Å². The van der Waals surface area contributed by atoms with Crippen LogP contribution in [0.4, 0.5) is 0 Å². The Labute approximate surface area is 163 Å². The van der Waals surface area contributed by atoms with Crippen LogP contribution in [-0.4, -0.2) is 19.7 Å². The van der Waals surface area contributed by atoms with Crippen molar-refractivity contribution >= 4 is 37.8 Å². The Morgan fingerprint density at radius 1 is 1.04 bits per heavy atom. The van der Waals surface area contributed by atoms with Crippen LogP contribution in [0.2, 0.25) is 0 Å². The second-order valence-electron chi connectivity index (χ2n) is 9.67. The highest BCUT2D eigenvalue weighted by Crippen LogP contribution is 2.68. The van der Waals surface area contributed by atoms with Gasteiger partial charge in [0, 0.05) is 8.65 Å². The average molecular weight is 464 g/mol. The zero-order valence-corrected chi connectivity index (χ0v) is 18.7. The molecule has 0 heterocycles. The van der Waals surface area contributed by atoms with Gasteiger partial charge in [-0.1, -0.05) is 59.1 Å². The van der Waals surface area contributed by atoms with E-state index >= 15 is 0 Å². The Morgan fingerprint density at radius 2 is 1.67 bits per heavy atom. The molecule has 3 rings (SSSR count). The Morgan fingerprint density at radius 3 is 2.25 bits per heavy atom. The molecule has 4 heteroatoms. The average Bonchev–Trinajstić information content (AvgIpc) is 2.45. The summed E-state index contributed by atoms with van der Waals surface area (Å²) in [4.78, 5) is 12.1. The van der Waals surface area contributed by atoms with Crippen molar-refractivity contribution in [1.29, 1.82) is 0 Å². The fourth-order valence-corrected chi connectivity index (χ4v) is 9.22. The molecule has 0 aromatic rings. The van der Waals surface area contributed by atoms with E-state index < -0.39 is 11.4 Å². The van der Waals surface area contributed by atoms with Crippen molar-refractivity contribution in [2.75, 3.05) is 0 Å². The fourth-order valence-electron chi connectivity index (χ4n) is 6.64. The van der Waals surface area contributed by atoms with Gasteiger partial charge in [0.2, 0.25) is 0 Å².